The third-order valence-electron chi connectivity index (χ3n) is 4.51. The minimum atomic E-state index is -0.0733. The maximum atomic E-state index is 12.0. The van der Waals surface area contributed by atoms with Gasteiger partial charge >= 0.3 is 0 Å². The van der Waals surface area contributed by atoms with Crippen LogP contribution >= 0.6 is 0 Å². The molecule has 1 heterocycles. The Kier molecular flexibility index (Phi) is 9.02. The quantitative estimate of drug-likeness (QED) is 0.415. The minimum absolute atomic E-state index is 0.0153. The van der Waals surface area contributed by atoms with Crippen LogP contribution in [0.4, 0.5) is 0 Å². The Morgan fingerprint density at radius 1 is 1.50 bits per heavy atom. The van der Waals surface area contributed by atoms with Crippen molar-refractivity contribution in [3.63, 3.8) is 0 Å². The summed E-state index contributed by atoms with van der Waals surface area (Å²) in [7, 11) is 0. The van der Waals surface area contributed by atoms with E-state index in [1.54, 1.807) is 6.21 Å². The normalized spacial score (nSPS) is 22.5. The van der Waals surface area contributed by atoms with Crippen LogP contribution in [0.5, 0.6) is 0 Å². The van der Waals surface area contributed by atoms with Gasteiger partial charge in [0.1, 0.15) is 0 Å². The molecule has 0 aromatic rings. The second-order valence-electron chi connectivity index (χ2n) is 6.68. The van der Waals surface area contributed by atoms with Crippen molar-refractivity contribution in [2.24, 2.45) is 11.0 Å². The standard InChI is InChI=1S/C20H32N4O2/c1-14(2)16(4)15(3)8-9-19-17(5)23-20(25)10-11-22-24(18(19)6)12-7-13-26-21/h8-9,11,18H,3,7,10,12-13,21H2,1-2,4-6H3,(H,23,25)/b9-8-,19-17-,22-11-. The van der Waals surface area contributed by atoms with Crippen molar-refractivity contribution in [3.05, 3.63) is 46.7 Å². The smallest absolute Gasteiger partial charge is 0.229 e. The molecule has 1 amide bonds. The van der Waals surface area contributed by atoms with Crippen molar-refractivity contribution in [1.82, 2.24) is 10.3 Å². The maximum Gasteiger partial charge on any atom is 0.229 e. The molecule has 0 saturated heterocycles. The Balaban J connectivity index is 3.15. The maximum absolute atomic E-state index is 12.0. The first-order valence-electron chi connectivity index (χ1n) is 8.90. The van der Waals surface area contributed by atoms with E-state index in [2.05, 4.69) is 49.5 Å². The van der Waals surface area contributed by atoms with E-state index in [1.165, 1.54) is 5.57 Å². The first-order chi connectivity index (χ1) is 12.3. The number of allylic oxidation sites excluding steroid dienone is 5. The van der Waals surface area contributed by atoms with Crippen LogP contribution in [0.1, 0.15) is 47.5 Å². The highest BCUT2D eigenvalue weighted by Crippen LogP contribution is 2.20. The lowest BCUT2D eigenvalue weighted by atomic mass is 10.0. The topological polar surface area (TPSA) is 80.0 Å². The summed E-state index contributed by atoms with van der Waals surface area (Å²) in [6.45, 7) is 15.4. The number of rotatable bonds is 7. The lowest BCUT2D eigenvalue weighted by Crippen LogP contribution is -2.32. The second kappa shape index (κ2) is 10.7. The molecule has 1 rings (SSSR count). The van der Waals surface area contributed by atoms with Crippen molar-refractivity contribution in [3.8, 4) is 0 Å². The lowest BCUT2D eigenvalue weighted by molar-refractivity contribution is -0.119. The van der Waals surface area contributed by atoms with Crippen LogP contribution in [0.25, 0.3) is 0 Å². The van der Waals surface area contributed by atoms with Crippen LogP contribution in [0, 0.1) is 0 Å². The molecule has 6 nitrogen and oxygen atoms in total. The number of hydrogen-bond donors (Lipinski definition) is 2. The van der Waals surface area contributed by atoms with Gasteiger partial charge in [-0.05, 0) is 57.8 Å². The molecule has 6 heteroatoms. The number of nitrogens with one attached hydrogen (secondary N) is 1. The molecule has 0 saturated carbocycles. The van der Waals surface area contributed by atoms with Gasteiger partial charge in [-0.1, -0.05) is 24.3 Å². The number of carbonyl (C=O) groups is 1. The Bertz CT molecular complexity index is 640. The average molecular weight is 361 g/mol. The highest BCUT2D eigenvalue weighted by Gasteiger charge is 2.19. The van der Waals surface area contributed by atoms with Gasteiger partial charge in [-0.2, -0.15) is 5.10 Å². The molecule has 0 fully saturated rings. The SMILES string of the molecule is C=C(/C=C\C1=C(/C)NC(=O)C/C=N\N(CCCON)C1C)C(C)=C(C)C. The van der Waals surface area contributed by atoms with E-state index in [1.807, 2.05) is 24.1 Å². The zero-order valence-corrected chi connectivity index (χ0v) is 16.6. The van der Waals surface area contributed by atoms with Gasteiger partial charge in [-0.3, -0.25) is 9.80 Å². The van der Waals surface area contributed by atoms with Gasteiger partial charge in [-0.25, -0.2) is 5.90 Å². The van der Waals surface area contributed by atoms with Crippen LogP contribution < -0.4 is 11.2 Å². The van der Waals surface area contributed by atoms with Gasteiger partial charge in [0.2, 0.25) is 5.91 Å². The van der Waals surface area contributed by atoms with Crippen LogP contribution in [0.15, 0.2) is 51.8 Å². The molecule has 0 bridgehead atoms. The number of nitrogens with two attached hydrogens (primary N) is 1. The molecule has 1 atom stereocenters. The van der Waals surface area contributed by atoms with Crippen LogP contribution in [0.2, 0.25) is 0 Å². The fraction of sp³-hybridized carbons (Fsp3) is 0.500. The fourth-order valence-electron chi connectivity index (χ4n) is 2.60. The highest BCUT2D eigenvalue weighted by atomic mass is 16.6. The largest absolute Gasteiger partial charge is 0.329 e. The summed E-state index contributed by atoms with van der Waals surface area (Å²) < 4.78 is 0. The van der Waals surface area contributed by atoms with E-state index < -0.39 is 0 Å². The molecule has 3 N–H and O–H groups in total. The van der Waals surface area contributed by atoms with E-state index in [9.17, 15) is 4.79 Å². The molecule has 26 heavy (non-hydrogen) atoms. The number of nitrogens with zero attached hydrogens (tertiary/aromatic N) is 2. The molecule has 1 aliphatic rings. The van der Waals surface area contributed by atoms with Gasteiger partial charge in [0.15, 0.2) is 0 Å². The van der Waals surface area contributed by atoms with Gasteiger partial charge in [0, 0.05) is 18.5 Å². The highest BCUT2D eigenvalue weighted by molar-refractivity contribution is 5.90. The predicted octanol–water partition coefficient (Wildman–Crippen LogP) is 3.21. The van der Waals surface area contributed by atoms with E-state index in [-0.39, 0.29) is 18.4 Å². The molecular formula is C20H32N4O2. The van der Waals surface area contributed by atoms with Gasteiger partial charge < -0.3 is 10.2 Å². The Labute approximate surface area is 157 Å². The zero-order valence-electron chi connectivity index (χ0n) is 16.6. The second-order valence-corrected chi connectivity index (χ2v) is 6.68. The lowest BCUT2D eigenvalue weighted by Gasteiger charge is -2.28. The number of hydrazone groups is 1. The van der Waals surface area contributed by atoms with Crippen molar-refractivity contribution >= 4 is 12.1 Å². The fourth-order valence-corrected chi connectivity index (χ4v) is 2.60. The van der Waals surface area contributed by atoms with Gasteiger partial charge in [0.25, 0.3) is 0 Å². The Morgan fingerprint density at radius 2 is 2.19 bits per heavy atom. The summed E-state index contributed by atoms with van der Waals surface area (Å²) in [5.41, 5.74) is 5.17. The zero-order chi connectivity index (χ0) is 19.7. The molecule has 0 radical (unpaired) electrons. The van der Waals surface area contributed by atoms with Crippen molar-refractivity contribution < 1.29 is 9.63 Å². The van der Waals surface area contributed by atoms with E-state index in [0.717, 1.165) is 28.8 Å². The monoisotopic (exact) mass is 360 g/mol. The van der Waals surface area contributed by atoms with Gasteiger partial charge in [-0.15, -0.1) is 0 Å². The van der Waals surface area contributed by atoms with Crippen LogP contribution in [-0.2, 0) is 9.63 Å². The Hall–Kier alpha value is -2.18. The first kappa shape index (κ1) is 21.9. The Morgan fingerprint density at radius 3 is 2.81 bits per heavy atom. The summed E-state index contributed by atoms with van der Waals surface area (Å²) in [4.78, 5) is 16.7. The van der Waals surface area contributed by atoms with E-state index in [0.29, 0.717) is 13.2 Å². The molecule has 0 aromatic carbocycles. The minimum Gasteiger partial charge on any atom is -0.329 e. The summed E-state index contributed by atoms with van der Waals surface area (Å²) >= 11 is 0. The number of carbonyl (C=O) groups excluding carboxylic acids is 1. The van der Waals surface area contributed by atoms with Crippen molar-refractivity contribution in [2.75, 3.05) is 13.2 Å². The molecular weight excluding hydrogens is 328 g/mol. The predicted molar refractivity (Wildman–Crippen MR) is 107 cm³/mol. The molecule has 0 aliphatic carbocycles. The van der Waals surface area contributed by atoms with E-state index >= 15 is 0 Å². The average Bonchev–Trinajstić information content (AvgIpc) is 2.63. The summed E-state index contributed by atoms with van der Waals surface area (Å²) in [5.74, 6) is 5.04. The third kappa shape index (κ3) is 6.61. The molecule has 0 spiro atoms. The third-order valence-corrected chi connectivity index (χ3v) is 4.51. The molecule has 144 valence electrons. The number of amides is 1. The van der Waals surface area contributed by atoms with Crippen LogP contribution in [-0.4, -0.2) is 36.3 Å². The number of hydrogen-bond acceptors (Lipinski definition) is 5. The van der Waals surface area contributed by atoms with Crippen molar-refractivity contribution in [1.29, 1.82) is 0 Å². The first-order valence-corrected chi connectivity index (χ1v) is 8.90. The summed E-state index contributed by atoms with van der Waals surface area (Å²) in [6.07, 6.45) is 6.64. The van der Waals surface area contributed by atoms with E-state index in [4.69, 9.17) is 5.90 Å². The van der Waals surface area contributed by atoms with Crippen molar-refractivity contribution in [2.45, 2.75) is 53.5 Å². The molecule has 0 aromatic heterocycles. The van der Waals surface area contributed by atoms with Crippen LogP contribution in [0.3, 0.4) is 0 Å². The summed E-state index contributed by atoms with van der Waals surface area (Å²) in [5, 5.41) is 9.38. The summed E-state index contributed by atoms with van der Waals surface area (Å²) in [6, 6.07) is -0.0153. The van der Waals surface area contributed by atoms with Gasteiger partial charge in [0.05, 0.1) is 19.1 Å². The molecule has 1 aliphatic heterocycles. The molecule has 1 unspecified atom stereocenters.